The van der Waals surface area contributed by atoms with Gasteiger partial charge in [0.25, 0.3) is 0 Å². The number of fused-ring (bicyclic) bond motifs is 1. The molecule has 0 bridgehead atoms. The van der Waals surface area contributed by atoms with Gasteiger partial charge in [0.05, 0.1) is 0 Å². The summed E-state index contributed by atoms with van der Waals surface area (Å²) in [4.78, 5) is 0. The van der Waals surface area contributed by atoms with E-state index in [1.54, 1.807) is 0 Å². The molecule has 0 aromatic heterocycles. The molecule has 3 rings (SSSR count). The summed E-state index contributed by atoms with van der Waals surface area (Å²) < 4.78 is 0. The average molecular weight is 506 g/mol. The molecular formula is C24H39Hf-9. The van der Waals surface area contributed by atoms with E-state index >= 15 is 0 Å². The van der Waals surface area contributed by atoms with Crippen LogP contribution in [0.3, 0.4) is 0 Å². The second-order valence-corrected chi connectivity index (χ2v) is 4.50. The Balaban J connectivity index is -0.0000000450. The van der Waals surface area contributed by atoms with Crippen LogP contribution < -0.4 is 0 Å². The van der Waals surface area contributed by atoms with Crippen molar-refractivity contribution in [3.8, 4) is 0 Å². The van der Waals surface area contributed by atoms with Crippen molar-refractivity contribution in [3.05, 3.63) is 123 Å². The molecule has 25 heavy (non-hydrogen) atoms. The molecule has 0 aliphatic heterocycles. The van der Waals surface area contributed by atoms with E-state index in [2.05, 4.69) is 45.0 Å². The summed E-state index contributed by atoms with van der Waals surface area (Å²) >= 11 is 0. The smallest absolute Gasteiger partial charge is 0 e. The summed E-state index contributed by atoms with van der Waals surface area (Å²) in [5, 5.41) is 2.77. The van der Waals surface area contributed by atoms with Crippen LogP contribution in [0.1, 0.15) is 16.7 Å². The summed E-state index contributed by atoms with van der Waals surface area (Å²) in [6.07, 6.45) is 0. The minimum absolute atomic E-state index is 0. The van der Waals surface area contributed by atoms with Crippen LogP contribution in [-0.2, 0) is 25.8 Å². The summed E-state index contributed by atoms with van der Waals surface area (Å²) in [6.45, 7) is 6.50. The van der Waals surface area contributed by atoms with Crippen LogP contribution in [0, 0.1) is 72.8 Å². The van der Waals surface area contributed by atoms with Gasteiger partial charge in [0.2, 0.25) is 0 Å². The first-order valence-electron chi connectivity index (χ1n) is 5.98. The molecule has 0 aliphatic rings. The number of aryl methyl sites for hydroxylation is 3. The molecule has 0 amide bonds. The minimum Gasteiger partial charge on any atom is -0.358 e. The molecule has 0 fully saturated rings. The van der Waals surface area contributed by atoms with E-state index in [0.29, 0.717) is 0 Å². The van der Waals surface area contributed by atoms with E-state index < -0.39 is 0 Å². The first-order chi connectivity index (χ1) is 8.18. The molecular weight excluding hydrogens is 467 g/mol. The Morgan fingerprint density at radius 1 is 0.760 bits per heavy atom. The predicted molar refractivity (Wildman–Crippen MR) is 121 cm³/mol. The summed E-state index contributed by atoms with van der Waals surface area (Å²) in [6, 6.07) is 18.9. The monoisotopic (exact) mass is 507 g/mol. The van der Waals surface area contributed by atoms with E-state index in [-0.39, 0.29) is 77.8 Å². The molecule has 0 saturated carbocycles. The van der Waals surface area contributed by atoms with Gasteiger partial charge in [-0.3, -0.25) is 0 Å². The van der Waals surface area contributed by atoms with Crippen LogP contribution in [0.5, 0.6) is 0 Å². The van der Waals surface area contributed by atoms with Crippen LogP contribution in [0.4, 0.5) is 0 Å². The van der Waals surface area contributed by atoms with E-state index in [0.717, 1.165) is 0 Å². The van der Waals surface area contributed by atoms with Crippen molar-refractivity contribution in [2.75, 3.05) is 0 Å². The maximum Gasteiger partial charge on any atom is 0 e. The van der Waals surface area contributed by atoms with Crippen molar-refractivity contribution in [2.45, 2.75) is 20.8 Å². The van der Waals surface area contributed by atoms with E-state index in [9.17, 15) is 0 Å². The minimum atomic E-state index is 0. The van der Waals surface area contributed by atoms with Crippen LogP contribution >= 0.6 is 0 Å². The third-order valence-electron chi connectivity index (χ3n) is 3.16. The van der Waals surface area contributed by atoms with Crippen molar-refractivity contribution in [1.82, 2.24) is 0 Å². The molecule has 0 nitrogen and oxygen atoms in total. The van der Waals surface area contributed by atoms with Crippen molar-refractivity contribution in [1.29, 1.82) is 0 Å². The van der Waals surface area contributed by atoms with Crippen LogP contribution in [0.15, 0.2) is 54.6 Å². The maximum absolute atomic E-state index is 2.28. The van der Waals surface area contributed by atoms with Crippen molar-refractivity contribution in [2.24, 2.45) is 0 Å². The first-order valence-corrected chi connectivity index (χ1v) is 5.98. The first kappa shape index (κ1) is 44.0. The van der Waals surface area contributed by atoms with Gasteiger partial charge in [-0.1, -0.05) is 18.1 Å². The normalized spacial score (nSPS) is 6.84. The Labute approximate surface area is 180 Å². The molecule has 0 unspecified atom stereocenters. The number of hydrogen-bond acceptors (Lipinski definition) is 0. The largest absolute Gasteiger partial charge is 0.358 e. The zero-order chi connectivity index (χ0) is 12.3. The van der Waals surface area contributed by atoms with E-state index in [4.69, 9.17) is 0 Å². The van der Waals surface area contributed by atoms with Crippen molar-refractivity contribution in [3.63, 3.8) is 0 Å². The summed E-state index contributed by atoms with van der Waals surface area (Å²) in [5.74, 6) is 0. The fourth-order valence-corrected chi connectivity index (χ4v) is 1.94. The predicted octanol–water partition coefficient (Wildman–Crippen LogP) is 8.04. The van der Waals surface area contributed by atoms with Gasteiger partial charge in [-0.2, -0.15) is 30.3 Å². The van der Waals surface area contributed by atoms with Gasteiger partial charge in [0.15, 0.2) is 0 Å². The Hall–Kier alpha value is -0.950. The van der Waals surface area contributed by atoms with Gasteiger partial charge < -0.3 is 52.0 Å². The third-order valence-corrected chi connectivity index (χ3v) is 3.16. The second kappa shape index (κ2) is 21.1. The van der Waals surface area contributed by atoms with Gasteiger partial charge in [0, 0.05) is 25.8 Å². The zero-order valence-corrected chi connectivity index (χ0v) is 21.8. The molecule has 0 radical (unpaired) electrons. The fourth-order valence-electron chi connectivity index (χ4n) is 1.94. The van der Waals surface area contributed by atoms with Crippen molar-refractivity contribution < 1.29 is 25.8 Å². The second-order valence-electron chi connectivity index (χ2n) is 4.50. The van der Waals surface area contributed by atoms with Gasteiger partial charge >= 0.3 is 0 Å². The molecule has 0 spiro atoms. The van der Waals surface area contributed by atoms with Crippen LogP contribution in [-0.4, -0.2) is 0 Å². The van der Waals surface area contributed by atoms with Crippen molar-refractivity contribution >= 4 is 10.8 Å². The van der Waals surface area contributed by atoms with E-state index in [1.807, 2.05) is 30.3 Å². The molecule has 0 aliphatic carbocycles. The molecule has 1 heteroatoms. The Bertz CT molecular complexity index is 569. The Kier molecular flexibility index (Phi) is 37.1. The molecule has 3 aromatic rings. The maximum atomic E-state index is 2.28. The molecule has 0 saturated heterocycles. The Morgan fingerprint density at radius 2 is 1.20 bits per heavy atom. The van der Waals surface area contributed by atoms with Crippen LogP contribution in [0.25, 0.3) is 10.8 Å². The third kappa shape index (κ3) is 12.1. The van der Waals surface area contributed by atoms with E-state index in [1.165, 1.54) is 27.5 Å². The zero-order valence-electron chi connectivity index (χ0n) is 18.2. The fraction of sp³-hybridized carbons (Fsp3) is 0.125. The molecule has 0 heterocycles. The molecule has 148 valence electrons. The number of benzene rings is 1. The topological polar surface area (TPSA) is 0 Å². The average Bonchev–Trinajstić information content (AvgIpc) is 2.96. The number of rotatable bonds is 0. The van der Waals surface area contributed by atoms with Gasteiger partial charge in [-0.25, -0.2) is 12.1 Å². The van der Waals surface area contributed by atoms with Crippen LogP contribution in [0.2, 0.25) is 0 Å². The Morgan fingerprint density at radius 3 is 1.60 bits per heavy atom. The molecule has 0 N–H and O–H groups in total. The van der Waals surface area contributed by atoms with Gasteiger partial charge in [-0.05, 0) is 13.8 Å². The molecule has 3 aromatic carbocycles. The SMILES string of the molecule is Cc1cc2cc[c-](C)c2cc1C.[CH3-].[CH3-].[CH3-].[CH3-].[CH3-].[CH3-].[CH3-].[Hf].c1cc[cH-]c1. The summed E-state index contributed by atoms with van der Waals surface area (Å²) in [7, 11) is 0. The van der Waals surface area contributed by atoms with Gasteiger partial charge in [0.1, 0.15) is 0 Å². The van der Waals surface area contributed by atoms with Gasteiger partial charge in [-0.15, -0.1) is 28.5 Å². The summed E-state index contributed by atoms with van der Waals surface area (Å²) in [5.41, 5.74) is 4.15. The molecule has 0 atom stereocenters. The standard InChI is InChI=1S/C12H13.C5H5.7CH3.Hf/c1-8-4-5-11-6-9(2)10(3)7-12(8)11;1-2-4-5-3-1;;;;;;;;/h4-7H,1-3H3;1-5H;7*1H3;/q9*-1;. The number of hydrogen-bond donors (Lipinski definition) is 0. The quantitative estimate of drug-likeness (QED) is 0.214.